The van der Waals surface area contributed by atoms with Gasteiger partial charge in [0.2, 0.25) is 0 Å². The van der Waals surface area contributed by atoms with Gasteiger partial charge in [0.15, 0.2) is 0 Å². The van der Waals surface area contributed by atoms with Gasteiger partial charge in [-0.1, -0.05) is 19.3 Å². The zero-order valence-electron chi connectivity index (χ0n) is 12.5. The SMILES string of the molecule is O=C(N/N=C\c1ccc([N+](=O)[O-])cc1)C(=O)NC1CCCCC1. The highest BCUT2D eigenvalue weighted by Gasteiger charge is 2.19. The lowest BCUT2D eigenvalue weighted by Gasteiger charge is -2.22. The summed E-state index contributed by atoms with van der Waals surface area (Å²) in [6.45, 7) is 0. The lowest BCUT2D eigenvalue weighted by atomic mass is 9.95. The van der Waals surface area contributed by atoms with E-state index >= 15 is 0 Å². The first-order valence-corrected chi connectivity index (χ1v) is 7.44. The molecular formula is C15H18N4O4. The molecule has 2 N–H and O–H groups in total. The minimum Gasteiger partial charge on any atom is -0.345 e. The molecule has 23 heavy (non-hydrogen) atoms. The minimum absolute atomic E-state index is 0.0296. The third-order valence-corrected chi connectivity index (χ3v) is 3.63. The summed E-state index contributed by atoms with van der Waals surface area (Å²) < 4.78 is 0. The molecule has 1 aromatic carbocycles. The van der Waals surface area contributed by atoms with Crippen LogP contribution in [0, 0.1) is 10.1 Å². The van der Waals surface area contributed by atoms with Crippen molar-refractivity contribution in [3.63, 3.8) is 0 Å². The van der Waals surface area contributed by atoms with E-state index in [2.05, 4.69) is 15.8 Å². The number of carbonyl (C=O) groups excluding carboxylic acids is 2. The van der Waals surface area contributed by atoms with Gasteiger partial charge in [-0.3, -0.25) is 19.7 Å². The van der Waals surface area contributed by atoms with E-state index in [1.807, 2.05) is 0 Å². The minimum atomic E-state index is -0.825. The quantitative estimate of drug-likeness (QED) is 0.379. The van der Waals surface area contributed by atoms with Crippen molar-refractivity contribution in [1.29, 1.82) is 0 Å². The molecule has 8 heteroatoms. The number of nitrogens with zero attached hydrogens (tertiary/aromatic N) is 2. The first-order chi connectivity index (χ1) is 11.1. The van der Waals surface area contributed by atoms with Crippen molar-refractivity contribution < 1.29 is 14.5 Å². The van der Waals surface area contributed by atoms with Crippen molar-refractivity contribution >= 4 is 23.7 Å². The first kappa shape index (κ1) is 16.6. The second kappa shape index (κ2) is 8.02. The number of nitro groups is 1. The van der Waals surface area contributed by atoms with Gasteiger partial charge in [-0.25, -0.2) is 5.43 Å². The van der Waals surface area contributed by atoms with Crippen LogP contribution in [0.1, 0.15) is 37.7 Å². The Morgan fingerprint density at radius 1 is 1.13 bits per heavy atom. The van der Waals surface area contributed by atoms with E-state index < -0.39 is 16.7 Å². The van der Waals surface area contributed by atoms with Gasteiger partial charge < -0.3 is 5.32 Å². The summed E-state index contributed by atoms with van der Waals surface area (Å²) >= 11 is 0. The van der Waals surface area contributed by atoms with Gasteiger partial charge in [0.05, 0.1) is 11.1 Å². The maximum atomic E-state index is 11.7. The van der Waals surface area contributed by atoms with Crippen LogP contribution in [0.4, 0.5) is 5.69 Å². The summed E-state index contributed by atoms with van der Waals surface area (Å²) in [5, 5.41) is 16.9. The van der Waals surface area contributed by atoms with E-state index in [1.165, 1.54) is 30.5 Å². The third kappa shape index (κ3) is 5.17. The summed E-state index contributed by atoms with van der Waals surface area (Å²) in [5.74, 6) is -1.52. The molecule has 1 aliphatic carbocycles. The number of benzene rings is 1. The van der Waals surface area contributed by atoms with Crippen LogP contribution in [0.2, 0.25) is 0 Å². The van der Waals surface area contributed by atoms with Crippen molar-refractivity contribution in [1.82, 2.24) is 10.7 Å². The Morgan fingerprint density at radius 2 is 1.78 bits per heavy atom. The number of nitrogens with one attached hydrogen (secondary N) is 2. The fraction of sp³-hybridized carbons (Fsp3) is 0.400. The molecule has 0 saturated heterocycles. The molecule has 2 amide bonds. The van der Waals surface area contributed by atoms with Crippen molar-refractivity contribution in [3.8, 4) is 0 Å². The topological polar surface area (TPSA) is 114 Å². The number of hydrazone groups is 1. The normalized spacial score (nSPS) is 15.3. The molecule has 2 rings (SSSR count). The first-order valence-electron chi connectivity index (χ1n) is 7.44. The van der Waals surface area contributed by atoms with Crippen LogP contribution in [0.3, 0.4) is 0 Å². The third-order valence-electron chi connectivity index (χ3n) is 3.63. The molecule has 0 unspecified atom stereocenters. The van der Waals surface area contributed by atoms with E-state index in [-0.39, 0.29) is 11.7 Å². The molecule has 1 saturated carbocycles. The Kier molecular flexibility index (Phi) is 5.79. The van der Waals surface area contributed by atoms with E-state index in [4.69, 9.17) is 0 Å². The molecule has 1 aromatic rings. The molecule has 0 aliphatic heterocycles. The second-order valence-corrected chi connectivity index (χ2v) is 5.36. The summed E-state index contributed by atoms with van der Waals surface area (Å²) in [6.07, 6.45) is 6.39. The Bertz CT molecular complexity index is 606. The summed E-state index contributed by atoms with van der Waals surface area (Å²) in [4.78, 5) is 33.3. The van der Waals surface area contributed by atoms with Crippen LogP contribution in [0.5, 0.6) is 0 Å². The van der Waals surface area contributed by atoms with Gasteiger partial charge in [0.25, 0.3) is 5.69 Å². The van der Waals surface area contributed by atoms with Gasteiger partial charge in [-0.05, 0) is 30.5 Å². The van der Waals surface area contributed by atoms with Gasteiger partial charge in [-0.2, -0.15) is 5.10 Å². The molecule has 1 aliphatic rings. The van der Waals surface area contributed by atoms with Gasteiger partial charge >= 0.3 is 11.8 Å². The highest BCUT2D eigenvalue weighted by atomic mass is 16.6. The fourth-order valence-corrected chi connectivity index (χ4v) is 2.40. The molecule has 1 fully saturated rings. The number of non-ortho nitro benzene ring substituents is 1. The van der Waals surface area contributed by atoms with Gasteiger partial charge in [-0.15, -0.1) is 0 Å². The molecule has 0 atom stereocenters. The van der Waals surface area contributed by atoms with Crippen LogP contribution in [0.15, 0.2) is 29.4 Å². The number of nitro benzene ring substituents is 1. The lowest BCUT2D eigenvalue weighted by Crippen LogP contribution is -2.44. The van der Waals surface area contributed by atoms with E-state index in [0.29, 0.717) is 5.56 Å². The Labute approximate surface area is 133 Å². The largest absolute Gasteiger partial charge is 0.345 e. The van der Waals surface area contributed by atoms with Crippen LogP contribution >= 0.6 is 0 Å². The summed E-state index contributed by atoms with van der Waals surface area (Å²) in [7, 11) is 0. The average molecular weight is 318 g/mol. The highest BCUT2D eigenvalue weighted by molar-refractivity contribution is 6.35. The zero-order chi connectivity index (χ0) is 16.7. The molecule has 0 heterocycles. The molecule has 0 aromatic heterocycles. The molecule has 122 valence electrons. The zero-order valence-corrected chi connectivity index (χ0v) is 12.5. The number of amides is 2. The number of rotatable bonds is 4. The Hall–Kier alpha value is -2.77. The number of carbonyl (C=O) groups is 2. The smallest absolute Gasteiger partial charge is 0.329 e. The lowest BCUT2D eigenvalue weighted by molar-refractivity contribution is -0.384. The maximum Gasteiger partial charge on any atom is 0.329 e. The Morgan fingerprint density at radius 3 is 2.39 bits per heavy atom. The van der Waals surface area contributed by atoms with Crippen LogP contribution in [-0.2, 0) is 9.59 Å². The van der Waals surface area contributed by atoms with E-state index in [9.17, 15) is 19.7 Å². The molecule has 0 bridgehead atoms. The maximum absolute atomic E-state index is 11.7. The fourth-order valence-electron chi connectivity index (χ4n) is 2.40. The average Bonchev–Trinajstić information content (AvgIpc) is 2.56. The van der Waals surface area contributed by atoms with E-state index in [1.54, 1.807) is 0 Å². The highest BCUT2D eigenvalue weighted by Crippen LogP contribution is 2.17. The standard InChI is InChI=1S/C15H18N4O4/c20-14(17-12-4-2-1-3-5-12)15(21)18-16-10-11-6-8-13(9-7-11)19(22)23/h6-10,12H,1-5H2,(H,17,20)(H,18,21)/b16-10-. The van der Waals surface area contributed by atoms with E-state index in [0.717, 1.165) is 32.1 Å². The predicted octanol–water partition coefficient (Wildman–Crippen LogP) is 1.49. The van der Waals surface area contributed by atoms with Crippen molar-refractivity contribution in [2.45, 2.75) is 38.1 Å². The molecule has 8 nitrogen and oxygen atoms in total. The molecule has 0 radical (unpaired) electrons. The van der Waals surface area contributed by atoms with Crippen molar-refractivity contribution in [2.24, 2.45) is 5.10 Å². The van der Waals surface area contributed by atoms with Crippen LogP contribution in [0.25, 0.3) is 0 Å². The number of hydrogen-bond acceptors (Lipinski definition) is 5. The summed E-state index contributed by atoms with van der Waals surface area (Å²) in [6, 6.07) is 5.71. The summed E-state index contributed by atoms with van der Waals surface area (Å²) in [5.41, 5.74) is 2.69. The van der Waals surface area contributed by atoms with Crippen molar-refractivity contribution in [3.05, 3.63) is 39.9 Å². The Balaban J connectivity index is 1.80. The van der Waals surface area contributed by atoms with Crippen LogP contribution < -0.4 is 10.7 Å². The van der Waals surface area contributed by atoms with Crippen LogP contribution in [-0.4, -0.2) is 29.0 Å². The van der Waals surface area contributed by atoms with Crippen molar-refractivity contribution in [2.75, 3.05) is 0 Å². The van der Waals surface area contributed by atoms with Gasteiger partial charge in [0.1, 0.15) is 0 Å². The monoisotopic (exact) mass is 318 g/mol. The molecule has 0 spiro atoms. The second-order valence-electron chi connectivity index (χ2n) is 5.36. The number of hydrogen-bond donors (Lipinski definition) is 2. The molecular weight excluding hydrogens is 300 g/mol. The predicted molar refractivity (Wildman–Crippen MR) is 83.8 cm³/mol. The van der Waals surface area contributed by atoms with Gasteiger partial charge in [0, 0.05) is 18.2 Å².